The smallest absolute Gasteiger partial charge is 0.287 e. The first-order chi connectivity index (χ1) is 12.9. The predicted molar refractivity (Wildman–Crippen MR) is 110 cm³/mol. The van der Waals surface area contributed by atoms with Gasteiger partial charge in [-0.05, 0) is 58.3 Å². The van der Waals surface area contributed by atoms with Gasteiger partial charge in [-0.3, -0.25) is 9.52 Å². The van der Waals surface area contributed by atoms with Crippen molar-refractivity contribution in [2.45, 2.75) is 17.9 Å². The molecule has 0 saturated heterocycles. The van der Waals surface area contributed by atoms with Crippen molar-refractivity contribution in [3.63, 3.8) is 0 Å². The Morgan fingerprint density at radius 2 is 1.96 bits per heavy atom. The van der Waals surface area contributed by atoms with Crippen molar-refractivity contribution in [1.82, 2.24) is 10.0 Å². The van der Waals surface area contributed by atoms with Crippen LogP contribution in [0.25, 0.3) is 0 Å². The van der Waals surface area contributed by atoms with E-state index < -0.39 is 15.9 Å². The highest BCUT2D eigenvalue weighted by Crippen LogP contribution is 2.29. The van der Waals surface area contributed by atoms with Gasteiger partial charge in [0.1, 0.15) is 4.90 Å². The number of hydrogen-bond donors (Lipinski definition) is 2. The van der Waals surface area contributed by atoms with E-state index >= 15 is 0 Å². The molecule has 0 bridgehead atoms. The Balaban J connectivity index is 1.70. The van der Waals surface area contributed by atoms with Crippen LogP contribution in [0.15, 0.2) is 52.4 Å². The number of ether oxygens (including phenoxy) is 1. The summed E-state index contributed by atoms with van der Waals surface area (Å²) in [4.78, 5) is 16.6. The number of nitrogens with one attached hydrogen (secondary N) is 2. The first-order valence-corrected chi connectivity index (χ1v) is 10.7. The maximum absolute atomic E-state index is 12.4. The van der Waals surface area contributed by atoms with Gasteiger partial charge in [-0.15, -0.1) is 0 Å². The number of benzene rings is 2. The Bertz CT molecular complexity index is 1010. The Morgan fingerprint density at radius 3 is 2.70 bits per heavy atom. The highest BCUT2D eigenvalue weighted by atomic mass is 127. The third-order valence-corrected chi connectivity index (χ3v) is 6.03. The Morgan fingerprint density at radius 1 is 1.22 bits per heavy atom. The van der Waals surface area contributed by atoms with Crippen LogP contribution in [0.4, 0.5) is 5.69 Å². The molecule has 142 valence electrons. The van der Waals surface area contributed by atoms with Gasteiger partial charge in [0.25, 0.3) is 15.9 Å². The van der Waals surface area contributed by atoms with E-state index in [1.165, 1.54) is 6.07 Å². The van der Waals surface area contributed by atoms with Gasteiger partial charge < -0.3 is 10.1 Å². The molecular weight excluding hydrogens is 481 g/mol. The minimum absolute atomic E-state index is 0.0689. The van der Waals surface area contributed by atoms with Gasteiger partial charge in [-0.1, -0.05) is 24.3 Å². The number of rotatable bonds is 6. The number of nitrogens with zero attached hydrogens (tertiary/aromatic N) is 1. The van der Waals surface area contributed by atoms with Crippen LogP contribution in [-0.4, -0.2) is 33.8 Å². The SMILES string of the molecule is COCc1ccccc1CCNC(=O)C1=Nc2ccc(I)cc2S(=O)(=O)N1. The Hall–Kier alpha value is -1.98. The number of carbonyl (C=O) groups excluding carboxylic acids is 1. The van der Waals surface area contributed by atoms with Crippen LogP contribution in [0.2, 0.25) is 0 Å². The third kappa shape index (κ3) is 4.66. The van der Waals surface area contributed by atoms with Gasteiger partial charge in [0, 0.05) is 17.2 Å². The molecule has 2 aromatic rings. The van der Waals surface area contributed by atoms with Crippen LogP contribution in [0.5, 0.6) is 0 Å². The summed E-state index contributed by atoms with van der Waals surface area (Å²) in [7, 11) is -2.18. The molecule has 0 aromatic heterocycles. The van der Waals surface area contributed by atoms with Crippen molar-refractivity contribution in [1.29, 1.82) is 0 Å². The maximum Gasteiger partial charge on any atom is 0.287 e. The van der Waals surface area contributed by atoms with E-state index in [-0.39, 0.29) is 16.4 Å². The average Bonchev–Trinajstić information content (AvgIpc) is 2.63. The minimum atomic E-state index is -3.81. The van der Waals surface area contributed by atoms with E-state index in [2.05, 4.69) is 15.0 Å². The van der Waals surface area contributed by atoms with Crippen molar-refractivity contribution in [2.24, 2.45) is 4.99 Å². The van der Waals surface area contributed by atoms with Gasteiger partial charge >= 0.3 is 0 Å². The number of halogens is 1. The molecule has 9 heteroatoms. The summed E-state index contributed by atoms with van der Waals surface area (Å²) in [5, 5.41) is 2.71. The molecule has 27 heavy (non-hydrogen) atoms. The fourth-order valence-corrected chi connectivity index (χ4v) is 4.59. The standard InChI is InChI=1S/C18H18IN3O4S/c1-26-11-13-5-3-2-4-12(13)8-9-20-18(23)17-21-15-7-6-14(19)10-16(15)27(24,25)22-17/h2-7,10H,8-9,11H2,1H3,(H,20,23)(H,21,22). The van der Waals surface area contributed by atoms with Crippen molar-refractivity contribution in [3.8, 4) is 0 Å². The van der Waals surface area contributed by atoms with Gasteiger partial charge in [0.15, 0.2) is 0 Å². The second-order valence-electron chi connectivity index (χ2n) is 5.89. The zero-order chi connectivity index (χ0) is 19.4. The van der Waals surface area contributed by atoms with Crippen molar-refractivity contribution >= 4 is 50.0 Å². The maximum atomic E-state index is 12.4. The first kappa shape index (κ1) is 19.8. The molecule has 1 aliphatic heterocycles. The van der Waals surface area contributed by atoms with Crippen LogP contribution >= 0.6 is 22.6 Å². The van der Waals surface area contributed by atoms with Crippen LogP contribution in [-0.2, 0) is 32.6 Å². The normalized spacial score (nSPS) is 14.7. The molecule has 7 nitrogen and oxygen atoms in total. The molecule has 0 radical (unpaired) electrons. The number of aliphatic imine (C=N–C) groups is 1. The zero-order valence-electron chi connectivity index (χ0n) is 14.5. The first-order valence-electron chi connectivity index (χ1n) is 8.15. The molecule has 0 fully saturated rings. The van der Waals surface area contributed by atoms with Crippen molar-refractivity contribution in [3.05, 3.63) is 57.2 Å². The van der Waals surface area contributed by atoms with Crippen molar-refractivity contribution in [2.75, 3.05) is 13.7 Å². The van der Waals surface area contributed by atoms with Gasteiger partial charge in [-0.25, -0.2) is 13.4 Å². The van der Waals surface area contributed by atoms with E-state index in [1.54, 1.807) is 19.2 Å². The van der Waals surface area contributed by atoms with E-state index in [1.807, 2.05) is 46.9 Å². The highest BCUT2D eigenvalue weighted by molar-refractivity contribution is 14.1. The van der Waals surface area contributed by atoms with Gasteiger partial charge in [0.05, 0.1) is 12.3 Å². The lowest BCUT2D eigenvalue weighted by Crippen LogP contribution is -2.44. The number of amides is 1. The minimum Gasteiger partial charge on any atom is -0.380 e. The quantitative estimate of drug-likeness (QED) is 0.596. The van der Waals surface area contributed by atoms with Crippen LogP contribution in [0.3, 0.4) is 0 Å². The number of sulfonamides is 1. The highest BCUT2D eigenvalue weighted by Gasteiger charge is 2.28. The molecule has 0 saturated carbocycles. The second kappa shape index (κ2) is 8.36. The van der Waals surface area contributed by atoms with Crippen molar-refractivity contribution < 1.29 is 17.9 Å². The van der Waals surface area contributed by atoms with E-state index in [0.717, 1.165) is 14.7 Å². The summed E-state index contributed by atoms with van der Waals surface area (Å²) < 4.78 is 32.9. The fourth-order valence-electron chi connectivity index (χ4n) is 2.71. The summed E-state index contributed by atoms with van der Waals surface area (Å²) in [6.07, 6.45) is 0.597. The number of hydrogen-bond acceptors (Lipinski definition) is 5. The fraction of sp³-hybridized carbons (Fsp3) is 0.222. The van der Waals surface area contributed by atoms with E-state index in [4.69, 9.17) is 4.74 Å². The summed E-state index contributed by atoms with van der Waals surface area (Å²) in [6, 6.07) is 12.6. The molecule has 0 aliphatic carbocycles. The number of amidine groups is 1. The Kier molecular flexibility index (Phi) is 6.12. The molecule has 2 N–H and O–H groups in total. The second-order valence-corrected chi connectivity index (χ2v) is 8.78. The third-order valence-electron chi connectivity index (χ3n) is 3.99. The van der Waals surface area contributed by atoms with Crippen LogP contribution in [0, 0.1) is 3.57 Å². The monoisotopic (exact) mass is 499 g/mol. The molecule has 0 atom stereocenters. The summed E-state index contributed by atoms with van der Waals surface area (Å²) >= 11 is 2.02. The average molecular weight is 499 g/mol. The summed E-state index contributed by atoms with van der Waals surface area (Å²) in [5.74, 6) is -0.791. The largest absolute Gasteiger partial charge is 0.380 e. The van der Waals surface area contributed by atoms with Gasteiger partial charge in [-0.2, -0.15) is 0 Å². The number of methoxy groups -OCH3 is 1. The lowest BCUT2D eigenvalue weighted by molar-refractivity contribution is -0.114. The Labute approximate surface area is 171 Å². The van der Waals surface area contributed by atoms with E-state index in [9.17, 15) is 13.2 Å². The molecule has 3 rings (SSSR count). The predicted octanol–water partition coefficient (Wildman–Crippen LogP) is 2.12. The lowest BCUT2D eigenvalue weighted by Gasteiger charge is -2.18. The van der Waals surface area contributed by atoms with Gasteiger partial charge in [0.2, 0.25) is 5.84 Å². The molecule has 2 aromatic carbocycles. The topological polar surface area (TPSA) is 96.9 Å². The van der Waals surface area contributed by atoms with Crippen LogP contribution < -0.4 is 10.0 Å². The summed E-state index contributed by atoms with van der Waals surface area (Å²) in [6.45, 7) is 0.839. The molecular formula is C18H18IN3O4S. The molecule has 0 spiro atoms. The number of carbonyl (C=O) groups is 1. The molecule has 1 heterocycles. The molecule has 1 aliphatic rings. The number of fused-ring (bicyclic) bond motifs is 1. The van der Waals surface area contributed by atoms with E-state index in [0.29, 0.717) is 19.6 Å². The summed E-state index contributed by atoms with van der Waals surface area (Å²) in [5.41, 5.74) is 2.36. The molecule has 0 unspecified atom stereocenters. The lowest BCUT2D eigenvalue weighted by atomic mass is 10.1. The molecule has 1 amide bonds. The van der Waals surface area contributed by atoms with Crippen LogP contribution in [0.1, 0.15) is 11.1 Å². The zero-order valence-corrected chi connectivity index (χ0v) is 17.5.